The molecule has 1 amide bonds. The van der Waals surface area contributed by atoms with Crippen LogP contribution in [0.25, 0.3) is 0 Å². The van der Waals surface area contributed by atoms with Crippen molar-refractivity contribution < 1.29 is 13.2 Å². The summed E-state index contributed by atoms with van der Waals surface area (Å²) in [7, 11) is -3.08. The third kappa shape index (κ3) is 3.21. The van der Waals surface area contributed by atoms with Crippen molar-refractivity contribution in [1.29, 1.82) is 0 Å². The van der Waals surface area contributed by atoms with Crippen LogP contribution in [0.3, 0.4) is 0 Å². The third-order valence-electron chi connectivity index (χ3n) is 2.97. The van der Waals surface area contributed by atoms with Gasteiger partial charge in [-0.3, -0.25) is 9.78 Å². The van der Waals surface area contributed by atoms with E-state index in [0.717, 1.165) is 0 Å². The van der Waals surface area contributed by atoms with Gasteiger partial charge in [0.15, 0.2) is 0 Å². The molecule has 1 aliphatic rings. The fraction of sp³-hybridized carbons (Fsp3) is 0.455. The monoisotopic (exact) mass is 284 g/mol. The van der Waals surface area contributed by atoms with Gasteiger partial charge in [-0.25, -0.2) is 12.7 Å². The van der Waals surface area contributed by atoms with Crippen LogP contribution in [-0.2, 0) is 10.0 Å². The van der Waals surface area contributed by atoms with Gasteiger partial charge in [0, 0.05) is 32.0 Å². The summed E-state index contributed by atoms with van der Waals surface area (Å²) in [6, 6.07) is 1.64. The topological polar surface area (TPSA) is 105 Å². The second-order valence-electron chi connectivity index (χ2n) is 4.28. The number of hydrogen-bond donors (Lipinski definition) is 2. The van der Waals surface area contributed by atoms with Gasteiger partial charge in [-0.1, -0.05) is 0 Å². The highest BCUT2D eigenvalue weighted by atomic mass is 32.2. The molecule has 2 rings (SSSR count). The van der Waals surface area contributed by atoms with Crippen molar-refractivity contribution in [3.63, 3.8) is 0 Å². The Bertz CT molecular complexity index is 573. The largest absolute Gasteiger partial charge is 0.383 e. The molecule has 19 heavy (non-hydrogen) atoms. The normalized spacial score (nSPS) is 18.3. The van der Waals surface area contributed by atoms with E-state index in [9.17, 15) is 13.2 Å². The first kappa shape index (κ1) is 13.8. The van der Waals surface area contributed by atoms with Crippen LogP contribution in [-0.4, -0.2) is 49.0 Å². The standard InChI is InChI=1S/C11H16N4O3S/c12-11(16)9-8-13-3-2-10(9)14-4-6-15-5-1-7-19(15,17)18/h2-3,8H,1,4-7H2,(H2,12,16)(H,13,14). The van der Waals surface area contributed by atoms with Crippen LogP contribution in [0.1, 0.15) is 16.8 Å². The highest BCUT2D eigenvalue weighted by molar-refractivity contribution is 7.89. The number of carbonyl (C=O) groups excluding carboxylic acids is 1. The average molecular weight is 284 g/mol. The van der Waals surface area contributed by atoms with Crippen molar-refractivity contribution in [3.05, 3.63) is 24.0 Å². The van der Waals surface area contributed by atoms with Crippen LogP contribution >= 0.6 is 0 Å². The number of rotatable bonds is 5. The van der Waals surface area contributed by atoms with Gasteiger partial charge in [0.1, 0.15) is 0 Å². The Labute approximate surface area is 111 Å². The molecule has 2 heterocycles. The molecule has 104 valence electrons. The number of amides is 1. The molecule has 3 N–H and O–H groups in total. The Morgan fingerprint density at radius 1 is 1.53 bits per heavy atom. The Morgan fingerprint density at radius 2 is 2.32 bits per heavy atom. The number of sulfonamides is 1. The van der Waals surface area contributed by atoms with E-state index in [-0.39, 0.29) is 5.75 Å². The maximum atomic E-state index is 11.6. The fourth-order valence-electron chi connectivity index (χ4n) is 2.00. The minimum Gasteiger partial charge on any atom is -0.383 e. The molecule has 1 fully saturated rings. The molecule has 0 atom stereocenters. The number of nitrogens with one attached hydrogen (secondary N) is 1. The van der Waals surface area contributed by atoms with Gasteiger partial charge in [-0.15, -0.1) is 0 Å². The van der Waals surface area contributed by atoms with E-state index in [1.807, 2.05) is 0 Å². The lowest BCUT2D eigenvalue weighted by atomic mass is 10.2. The SMILES string of the molecule is NC(=O)c1cnccc1NCCN1CCCS1(=O)=O. The number of hydrogen-bond acceptors (Lipinski definition) is 5. The molecule has 0 unspecified atom stereocenters. The molecule has 0 radical (unpaired) electrons. The lowest BCUT2D eigenvalue weighted by Gasteiger charge is -2.15. The maximum Gasteiger partial charge on any atom is 0.252 e. The number of aromatic nitrogens is 1. The van der Waals surface area contributed by atoms with E-state index in [1.54, 1.807) is 12.3 Å². The summed E-state index contributed by atoms with van der Waals surface area (Å²) < 4.78 is 24.6. The van der Waals surface area contributed by atoms with Crippen LogP contribution in [0.15, 0.2) is 18.5 Å². The fourth-order valence-corrected chi connectivity index (χ4v) is 3.53. The Hall–Kier alpha value is -1.67. The van der Waals surface area contributed by atoms with Crippen LogP contribution in [0.2, 0.25) is 0 Å². The summed E-state index contributed by atoms with van der Waals surface area (Å²) in [5.41, 5.74) is 6.09. The summed E-state index contributed by atoms with van der Waals surface area (Å²) in [5, 5.41) is 3.01. The quantitative estimate of drug-likeness (QED) is 0.767. The van der Waals surface area contributed by atoms with E-state index in [2.05, 4.69) is 10.3 Å². The lowest BCUT2D eigenvalue weighted by Crippen LogP contribution is -2.31. The summed E-state index contributed by atoms with van der Waals surface area (Å²) in [5.74, 6) is -0.348. The van der Waals surface area contributed by atoms with Gasteiger partial charge >= 0.3 is 0 Å². The van der Waals surface area contributed by atoms with Crippen molar-refractivity contribution in [2.75, 3.05) is 30.7 Å². The number of nitrogens with two attached hydrogens (primary N) is 1. The summed E-state index contributed by atoms with van der Waals surface area (Å²) in [6.45, 7) is 1.36. The molecule has 1 aromatic heterocycles. The molecule has 0 spiro atoms. The van der Waals surface area contributed by atoms with E-state index < -0.39 is 15.9 Å². The molecule has 1 aliphatic heterocycles. The Balaban J connectivity index is 1.95. The molecule has 0 saturated carbocycles. The minimum atomic E-state index is -3.08. The van der Waals surface area contributed by atoms with Crippen LogP contribution < -0.4 is 11.1 Å². The summed E-state index contributed by atoms with van der Waals surface area (Å²) in [4.78, 5) is 15.0. The first-order chi connectivity index (χ1) is 9.00. The second kappa shape index (κ2) is 5.54. The van der Waals surface area contributed by atoms with Gasteiger partial charge in [0.25, 0.3) is 5.91 Å². The summed E-state index contributed by atoms with van der Waals surface area (Å²) >= 11 is 0. The molecular formula is C11H16N4O3S. The van der Waals surface area contributed by atoms with Crippen molar-refractivity contribution in [1.82, 2.24) is 9.29 Å². The molecule has 1 aromatic rings. The molecule has 0 aromatic carbocycles. The zero-order valence-corrected chi connectivity index (χ0v) is 11.2. The van der Waals surface area contributed by atoms with Crippen LogP contribution in [0, 0.1) is 0 Å². The third-order valence-corrected chi connectivity index (χ3v) is 4.92. The van der Waals surface area contributed by atoms with Gasteiger partial charge in [-0.05, 0) is 12.5 Å². The van der Waals surface area contributed by atoms with E-state index >= 15 is 0 Å². The van der Waals surface area contributed by atoms with Gasteiger partial charge in [0.05, 0.1) is 17.0 Å². The molecular weight excluding hydrogens is 268 g/mol. The van der Waals surface area contributed by atoms with Crippen molar-refractivity contribution >= 4 is 21.6 Å². The number of pyridine rings is 1. The zero-order valence-electron chi connectivity index (χ0n) is 10.4. The Kier molecular flexibility index (Phi) is 4.01. The first-order valence-corrected chi connectivity index (χ1v) is 7.57. The number of carbonyl (C=O) groups is 1. The van der Waals surface area contributed by atoms with E-state index in [4.69, 9.17) is 5.73 Å². The van der Waals surface area contributed by atoms with Crippen molar-refractivity contribution in [2.45, 2.75) is 6.42 Å². The molecule has 1 saturated heterocycles. The number of primary amides is 1. The van der Waals surface area contributed by atoms with Crippen molar-refractivity contribution in [2.24, 2.45) is 5.73 Å². The average Bonchev–Trinajstić information content (AvgIpc) is 2.69. The smallest absolute Gasteiger partial charge is 0.252 e. The van der Waals surface area contributed by atoms with E-state index in [0.29, 0.717) is 37.3 Å². The van der Waals surface area contributed by atoms with Crippen molar-refractivity contribution in [3.8, 4) is 0 Å². The van der Waals surface area contributed by atoms with Crippen LogP contribution in [0.4, 0.5) is 5.69 Å². The van der Waals surface area contributed by atoms with Gasteiger partial charge in [-0.2, -0.15) is 0 Å². The van der Waals surface area contributed by atoms with Gasteiger partial charge < -0.3 is 11.1 Å². The predicted molar refractivity (Wildman–Crippen MR) is 71.2 cm³/mol. The van der Waals surface area contributed by atoms with Gasteiger partial charge in [0.2, 0.25) is 10.0 Å². The molecule has 0 bridgehead atoms. The maximum absolute atomic E-state index is 11.6. The Morgan fingerprint density at radius 3 is 2.95 bits per heavy atom. The summed E-state index contributed by atoms with van der Waals surface area (Å²) in [6.07, 6.45) is 3.60. The zero-order chi connectivity index (χ0) is 13.9. The lowest BCUT2D eigenvalue weighted by molar-refractivity contribution is 0.100. The number of nitrogens with zero attached hydrogens (tertiary/aromatic N) is 2. The second-order valence-corrected chi connectivity index (χ2v) is 6.37. The predicted octanol–water partition coefficient (Wildman–Crippen LogP) is -0.372. The molecule has 0 aliphatic carbocycles. The molecule has 8 heteroatoms. The van der Waals surface area contributed by atoms with Crippen LogP contribution in [0.5, 0.6) is 0 Å². The highest BCUT2D eigenvalue weighted by Crippen LogP contribution is 2.14. The first-order valence-electron chi connectivity index (χ1n) is 5.96. The highest BCUT2D eigenvalue weighted by Gasteiger charge is 2.27. The van der Waals surface area contributed by atoms with E-state index in [1.165, 1.54) is 10.5 Å². The number of anilines is 1. The molecule has 7 nitrogen and oxygen atoms in total. The minimum absolute atomic E-state index is 0.217.